The number of halogens is 3. The van der Waals surface area contributed by atoms with Crippen molar-refractivity contribution in [2.24, 2.45) is 0 Å². The fourth-order valence-electron chi connectivity index (χ4n) is 3.71. The van der Waals surface area contributed by atoms with Gasteiger partial charge in [-0.3, -0.25) is 13.9 Å². The average molecular weight is 581 g/mol. The largest absolute Gasteiger partial charge is 0.352 e. The van der Waals surface area contributed by atoms with E-state index >= 15 is 0 Å². The third-order valence-corrected chi connectivity index (χ3v) is 8.05. The molecule has 0 bridgehead atoms. The summed E-state index contributed by atoms with van der Waals surface area (Å²) in [4.78, 5) is 27.8. The first-order valence-corrected chi connectivity index (χ1v) is 14.0. The van der Waals surface area contributed by atoms with Crippen LogP contribution in [0.25, 0.3) is 0 Å². The summed E-state index contributed by atoms with van der Waals surface area (Å²) < 4.78 is 42.8. The Hall–Kier alpha value is -3.14. The van der Waals surface area contributed by atoms with Crippen molar-refractivity contribution in [1.82, 2.24) is 10.2 Å². The molecular weight excluding hydrogens is 552 g/mol. The van der Waals surface area contributed by atoms with E-state index in [1.165, 1.54) is 60.4 Å². The lowest BCUT2D eigenvalue weighted by Crippen LogP contribution is -2.52. The van der Waals surface area contributed by atoms with E-state index in [4.69, 9.17) is 23.2 Å². The molecule has 0 heterocycles. The van der Waals surface area contributed by atoms with Crippen LogP contribution in [0.3, 0.4) is 0 Å². The second kappa shape index (κ2) is 12.6. The monoisotopic (exact) mass is 579 g/mol. The van der Waals surface area contributed by atoms with E-state index in [1.807, 2.05) is 0 Å². The van der Waals surface area contributed by atoms with Crippen LogP contribution in [-0.4, -0.2) is 43.8 Å². The summed E-state index contributed by atoms with van der Waals surface area (Å²) in [7, 11) is -4.36. The second-order valence-corrected chi connectivity index (χ2v) is 11.6. The van der Waals surface area contributed by atoms with Crippen molar-refractivity contribution in [3.63, 3.8) is 0 Å². The van der Waals surface area contributed by atoms with E-state index in [9.17, 15) is 22.4 Å². The lowest BCUT2D eigenvalue weighted by Gasteiger charge is -2.32. The molecule has 3 rings (SSSR count). The van der Waals surface area contributed by atoms with Crippen molar-refractivity contribution in [3.8, 4) is 0 Å². The molecule has 202 valence electrons. The van der Waals surface area contributed by atoms with Crippen LogP contribution in [0.5, 0.6) is 0 Å². The van der Waals surface area contributed by atoms with E-state index < -0.39 is 40.2 Å². The van der Waals surface area contributed by atoms with Crippen molar-refractivity contribution in [1.29, 1.82) is 0 Å². The molecule has 0 aliphatic carbocycles. The molecule has 2 amide bonds. The maximum atomic E-state index is 14.9. The van der Waals surface area contributed by atoms with E-state index in [0.29, 0.717) is 14.9 Å². The zero-order chi connectivity index (χ0) is 28.0. The normalized spacial score (nSPS) is 12.2. The Balaban J connectivity index is 2.05. The number of anilines is 1. The number of sulfonamides is 1. The fourth-order valence-corrected chi connectivity index (χ4v) is 5.62. The van der Waals surface area contributed by atoms with Crippen LogP contribution in [-0.2, 0) is 26.2 Å². The quantitative estimate of drug-likeness (QED) is 0.354. The van der Waals surface area contributed by atoms with Gasteiger partial charge in [0.2, 0.25) is 11.8 Å². The molecule has 0 unspecified atom stereocenters. The molecule has 7 nitrogen and oxygen atoms in total. The molecule has 0 aliphatic heterocycles. The molecule has 0 spiro atoms. The molecule has 0 radical (unpaired) electrons. The summed E-state index contributed by atoms with van der Waals surface area (Å²) in [5, 5.41) is 3.42. The molecule has 0 aliphatic rings. The van der Waals surface area contributed by atoms with Crippen molar-refractivity contribution in [2.75, 3.05) is 10.8 Å². The Morgan fingerprint density at radius 3 is 2.18 bits per heavy atom. The van der Waals surface area contributed by atoms with Crippen LogP contribution >= 0.6 is 23.2 Å². The Morgan fingerprint density at radius 1 is 0.947 bits per heavy atom. The van der Waals surface area contributed by atoms with Crippen LogP contribution < -0.4 is 9.62 Å². The predicted molar refractivity (Wildman–Crippen MR) is 147 cm³/mol. The number of hydrogen-bond donors (Lipinski definition) is 1. The highest BCUT2D eigenvalue weighted by Crippen LogP contribution is 2.28. The maximum absolute atomic E-state index is 14.9. The first-order chi connectivity index (χ1) is 17.9. The number of carbonyl (C=O) groups excluding carboxylic acids is 2. The lowest BCUT2D eigenvalue weighted by molar-refractivity contribution is -0.139. The number of nitrogens with one attached hydrogen (secondary N) is 1. The van der Waals surface area contributed by atoms with Gasteiger partial charge in [-0.25, -0.2) is 12.8 Å². The molecule has 0 saturated carbocycles. The molecule has 0 fully saturated rings. The third-order valence-electron chi connectivity index (χ3n) is 5.69. The Labute approximate surface area is 232 Å². The highest BCUT2D eigenvalue weighted by molar-refractivity contribution is 7.92. The molecule has 3 aromatic rings. The highest BCUT2D eigenvalue weighted by Gasteiger charge is 2.33. The molecule has 11 heteroatoms. The zero-order valence-corrected chi connectivity index (χ0v) is 23.4. The van der Waals surface area contributed by atoms with Gasteiger partial charge in [-0.05, 0) is 62.7 Å². The van der Waals surface area contributed by atoms with Crippen molar-refractivity contribution in [2.45, 2.75) is 44.3 Å². The Bertz CT molecular complexity index is 1400. The Morgan fingerprint density at radius 2 is 1.58 bits per heavy atom. The van der Waals surface area contributed by atoms with Gasteiger partial charge in [-0.15, -0.1) is 0 Å². The van der Waals surface area contributed by atoms with Gasteiger partial charge >= 0.3 is 0 Å². The minimum absolute atomic E-state index is 0.113. The van der Waals surface area contributed by atoms with E-state index in [-0.39, 0.29) is 28.2 Å². The number of para-hydroxylation sites is 1. The SMILES string of the molecule is CC(C)NC(=O)[C@@H](C)N(Cc1ccc(Cl)cc1Cl)C(=O)CN(c1ccccc1F)S(=O)(=O)c1ccccc1. The highest BCUT2D eigenvalue weighted by atomic mass is 35.5. The van der Waals surface area contributed by atoms with Crippen molar-refractivity contribution < 1.29 is 22.4 Å². The topological polar surface area (TPSA) is 86.8 Å². The van der Waals surface area contributed by atoms with Gasteiger partial charge in [-0.1, -0.05) is 59.6 Å². The molecule has 3 aromatic carbocycles. The van der Waals surface area contributed by atoms with Gasteiger partial charge in [0.15, 0.2) is 0 Å². The van der Waals surface area contributed by atoms with E-state index in [2.05, 4.69) is 5.32 Å². The summed E-state index contributed by atoms with van der Waals surface area (Å²) in [5.41, 5.74) is 0.199. The standard InChI is InChI=1S/C27H28Cl2FN3O4S/c1-18(2)31-27(35)19(3)32(16-20-13-14-21(28)15-23(20)29)26(34)17-33(25-12-8-7-11-24(25)30)38(36,37)22-9-5-4-6-10-22/h4-15,18-19H,16-17H2,1-3H3,(H,31,35)/t19-/m1/s1. The third kappa shape index (κ3) is 7.03. The van der Waals surface area contributed by atoms with Gasteiger partial charge in [0.05, 0.1) is 10.6 Å². The lowest BCUT2D eigenvalue weighted by atomic mass is 10.1. The summed E-state index contributed by atoms with van der Waals surface area (Å²) in [6, 6.07) is 16.2. The summed E-state index contributed by atoms with van der Waals surface area (Å²) in [6.07, 6.45) is 0. The first kappa shape index (κ1) is 29.4. The maximum Gasteiger partial charge on any atom is 0.264 e. The molecular formula is C27H28Cl2FN3O4S. The van der Waals surface area contributed by atoms with Gasteiger partial charge in [0.1, 0.15) is 18.4 Å². The van der Waals surface area contributed by atoms with Crippen LogP contribution in [0, 0.1) is 5.82 Å². The summed E-state index contributed by atoms with van der Waals surface area (Å²) in [5.74, 6) is -2.00. The van der Waals surface area contributed by atoms with Crippen molar-refractivity contribution in [3.05, 3.63) is 94.2 Å². The summed E-state index contributed by atoms with van der Waals surface area (Å²) in [6.45, 7) is 4.21. The predicted octanol–water partition coefficient (Wildman–Crippen LogP) is 5.27. The van der Waals surface area contributed by atoms with Gasteiger partial charge in [0.25, 0.3) is 10.0 Å². The first-order valence-electron chi connectivity index (χ1n) is 11.8. The van der Waals surface area contributed by atoms with Crippen molar-refractivity contribution >= 4 is 50.7 Å². The molecule has 1 atom stereocenters. The number of amides is 2. The molecule has 0 aromatic heterocycles. The smallest absolute Gasteiger partial charge is 0.264 e. The number of nitrogens with zero attached hydrogens (tertiary/aromatic N) is 2. The average Bonchev–Trinajstić information content (AvgIpc) is 2.87. The minimum atomic E-state index is -4.36. The van der Waals surface area contributed by atoms with Crippen LogP contribution in [0.4, 0.5) is 10.1 Å². The van der Waals surface area contributed by atoms with Gasteiger partial charge < -0.3 is 10.2 Å². The van der Waals surface area contributed by atoms with Crippen LogP contribution in [0.15, 0.2) is 77.7 Å². The molecule has 1 N–H and O–H groups in total. The van der Waals surface area contributed by atoms with E-state index in [1.54, 1.807) is 32.0 Å². The van der Waals surface area contributed by atoms with Gasteiger partial charge in [-0.2, -0.15) is 0 Å². The van der Waals surface area contributed by atoms with E-state index in [0.717, 1.165) is 6.07 Å². The minimum Gasteiger partial charge on any atom is -0.352 e. The van der Waals surface area contributed by atoms with Gasteiger partial charge in [0, 0.05) is 22.6 Å². The zero-order valence-electron chi connectivity index (χ0n) is 21.1. The number of hydrogen-bond acceptors (Lipinski definition) is 4. The van der Waals surface area contributed by atoms with Crippen LogP contribution in [0.1, 0.15) is 26.3 Å². The molecule has 38 heavy (non-hydrogen) atoms. The molecule has 0 saturated heterocycles. The van der Waals surface area contributed by atoms with Crippen LogP contribution in [0.2, 0.25) is 10.0 Å². The fraction of sp³-hybridized carbons (Fsp3) is 0.259. The second-order valence-electron chi connectivity index (χ2n) is 8.87. The number of benzene rings is 3. The summed E-state index contributed by atoms with van der Waals surface area (Å²) >= 11 is 12.4. The Kier molecular flexibility index (Phi) is 9.76. The number of carbonyl (C=O) groups is 2. The number of rotatable bonds is 10.